The van der Waals surface area contributed by atoms with Crippen LogP contribution in [0, 0.1) is 5.92 Å². The lowest BCUT2D eigenvalue weighted by atomic mass is 10.1. The molecule has 5 nitrogen and oxygen atoms in total. The smallest absolute Gasteiger partial charge is 0.227 e. The van der Waals surface area contributed by atoms with Crippen molar-refractivity contribution >= 4 is 29.1 Å². The molecule has 2 amide bonds. The zero-order valence-electron chi connectivity index (χ0n) is 12.7. The second kappa shape index (κ2) is 8.15. The summed E-state index contributed by atoms with van der Waals surface area (Å²) in [6.07, 6.45) is 1.03. The first-order valence-corrected chi connectivity index (χ1v) is 7.91. The zero-order chi connectivity index (χ0) is 15.9. The van der Waals surface area contributed by atoms with Gasteiger partial charge in [0.2, 0.25) is 11.8 Å². The molecule has 0 saturated carbocycles. The molecule has 1 atom stereocenters. The van der Waals surface area contributed by atoms with Crippen molar-refractivity contribution < 1.29 is 14.3 Å². The van der Waals surface area contributed by atoms with Crippen LogP contribution >= 0.6 is 11.6 Å². The number of amides is 2. The van der Waals surface area contributed by atoms with Crippen LogP contribution in [0.5, 0.6) is 0 Å². The molecule has 22 heavy (non-hydrogen) atoms. The minimum atomic E-state index is -0.296. The number of anilines is 1. The molecule has 1 aliphatic rings. The van der Waals surface area contributed by atoms with E-state index in [1.807, 2.05) is 6.92 Å². The van der Waals surface area contributed by atoms with Crippen molar-refractivity contribution in [3.8, 4) is 0 Å². The van der Waals surface area contributed by atoms with Crippen molar-refractivity contribution in [2.24, 2.45) is 5.92 Å². The molecule has 0 aromatic heterocycles. The van der Waals surface area contributed by atoms with Crippen molar-refractivity contribution in [2.75, 3.05) is 31.2 Å². The summed E-state index contributed by atoms with van der Waals surface area (Å²) in [5, 5.41) is 3.49. The molecular formula is C16H21ClN2O3. The van der Waals surface area contributed by atoms with Gasteiger partial charge in [0.15, 0.2) is 0 Å². The quantitative estimate of drug-likeness (QED) is 0.782. The van der Waals surface area contributed by atoms with Gasteiger partial charge in [0.25, 0.3) is 0 Å². The first-order valence-electron chi connectivity index (χ1n) is 7.53. The highest BCUT2D eigenvalue weighted by Gasteiger charge is 2.34. The van der Waals surface area contributed by atoms with Crippen LogP contribution in [0.4, 0.5) is 5.69 Å². The lowest BCUT2D eigenvalue weighted by Gasteiger charge is -2.16. The zero-order valence-corrected chi connectivity index (χ0v) is 13.4. The van der Waals surface area contributed by atoms with Crippen molar-refractivity contribution in [3.63, 3.8) is 0 Å². The van der Waals surface area contributed by atoms with E-state index in [1.54, 1.807) is 29.2 Å². The average Bonchev–Trinajstić information content (AvgIpc) is 2.90. The molecule has 1 saturated heterocycles. The van der Waals surface area contributed by atoms with E-state index in [4.69, 9.17) is 16.3 Å². The molecule has 0 aliphatic carbocycles. The number of halogens is 1. The summed E-state index contributed by atoms with van der Waals surface area (Å²) in [5.41, 5.74) is 0.779. The standard InChI is InChI=1S/C16H21ClN2O3/c1-2-22-9-3-8-18-16(21)12-10-15(20)19(11-12)14-6-4-13(17)5-7-14/h4-7,12H,2-3,8-11H2,1H3,(H,18,21)/t12-/m1/s1. The first-order chi connectivity index (χ1) is 10.6. The first kappa shape index (κ1) is 16.8. The van der Waals surface area contributed by atoms with Crippen LogP contribution in [-0.2, 0) is 14.3 Å². The van der Waals surface area contributed by atoms with Crippen LogP contribution in [0.15, 0.2) is 24.3 Å². The maximum Gasteiger partial charge on any atom is 0.227 e. The minimum Gasteiger partial charge on any atom is -0.382 e. The van der Waals surface area contributed by atoms with E-state index in [9.17, 15) is 9.59 Å². The Morgan fingerprint density at radius 1 is 1.41 bits per heavy atom. The van der Waals surface area contributed by atoms with Crippen LogP contribution in [0.3, 0.4) is 0 Å². The Bertz CT molecular complexity index is 519. The monoisotopic (exact) mass is 324 g/mol. The molecule has 0 radical (unpaired) electrons. The van der Waals surface area contributed by atoms with E-state index in [0.29, 0.717) is 31.3 Å². The number of benzene rings is 1. The summed E-state index contributed by atoms with van der Waals surface area (Å²) in [4.78, 5) is 25.8. The van der Waals surface area contributed by atoms with Gasteiger partial charge >= 0.3 is 0 Å². The van der Waals surface area contributed by atoms with Gasteiger partial charge in [-0.25, -0.2) is 0 Å². The lowest BCUT2D eigenvalue weighted by molar-refractivity contribution is -0.126. The van der Waals surface area contributed by atoms with Gasteiger partial charge in [-0.3, -0.25) is 9.59 Å². The summed E-state index contributed by atoms with van der Waals surface area (Å²) in [5.74, 6) is -0.395. The predicted molar refractivity (Wildman–Crippen MR) is 86.0 cm³/mol. The summed E-state index contributed by atoms with van der Waals surface area (Å²) in [6.45, 7) is 4.24. The molecular weight excluding hydrogens is 304 g/mol. The molecule has 1 aliphatic heterocycles. The normalized spacial score (nSPS) is 17.8. The Labute approximate surface area is 135 Å². The number of nitrogens with one attached hydrogen (secondary N) is 1. The third kappa shape index (κ3) is 4.45. The molecule has 1 fully saturated rings. The van der Waals surface area contributed by atoms with Gasteiger partial charge in [-0.05, 0) is 37.6 Å². The van der Waals surface area contributed by atoms with E-state index in [2.05, 4.69) is 5.32 Å². The van der Waals surface area contributed by atoms with E-state index < -0.39 is 0 Å². The number of hydrogen-bond acceptors (Lipinski definition) is 3. The third-order valence-corrected chi connectivity index (χ3v) is 3.85. The van der Waals surface area contributed by atoms with Crippen molar-refractivity contribution in [3.05, 3.63) is 29.3 Å². The highest BCUT2D eigenvalue weighted by Crippen LogP contribution is 2.26. The second-order valence-corrected chi connectivity index (χ2v) is 5.66. The molecule has 6 heteroatoms. The third-order valence-electron chi connectivity index (χ3n) is 3.60. The van der Waals surface area contributed by atoms with Crippen LogP contribution in [0.2, 0.25) is 5.02 Å². The van der Waals surface area contributed by atoms with Gasteiger partial charge in [0.1, 0.15) is 0 Å². The molecule has 1 heterocycles. The fraction of sp³-hybridized carbons (Fsp3) is 0.500. The molecule has 0 unspecified atom stereocenters. The van der Waals surface area contributed by atoms with Crippen LogP contribution < -0.4 is 10.2 Å². The van der Waals surface area contributed by atoms with Crippen molar-refractivity contribution in [2.45, 2.75) is 19.8 Å². The lowest BCUT2D eigenvalue weighted by Crippen LogP contribution is -2.33. The van der Waals surface area contributed by atoms with Crippen molar-refractivity contribution in [1.29, 1.82) is 0 Å². The highest BCUT2D eigenvalue weighted by atomic mass is 35.5. The number of hydrogen-bond donors (Lipinski definition) is 1. The predicted octanol–water partition coefficient (Wildman–Crippen LogP) is 2.24. The maximum absolute atomic E-state index is 12.1. The highest BCUT2D eigenvalue weighted by molar-refractivity contribution is 6.30. The number of carbonyl (C=O) groups is 2. The summed E-state index contributed by atoms with van der Waals surface area (Å²) in [6, 6.07) is 7.07. The Morgan fingerprint density at radius 3 is 2.82 bits per heavy atom. The van der Waals surface area contributed by atoms with Crippen LogP contribution in [0.25, 0.3) is 0 Å². The summed E-state index contributed by atoms with van der Waals surface area (Å²) < 4.78 is 5.22. The molecule has 1 aromatic carbocycles. The minimum absolute atomic E-state index is 0.0308. The van der Waals surface area contributed by atoms with Crippen LogP contribution in [0.1, 0.15) is 19.8 Å². The van der Waals surface area contributed by atoms with Gasteiger partial charge in [0, 0.05) is 43.4 Å². The Kier molecular flexibility index (Phi) is 6.21. The van der Waals surface area contributed by atoms with Gasteiger partial charge in [0.05, 0.1) is 5.92 Å². The second-order valence-electron chi connectivity index (χ2n) is 5.22. The summed E-state index contributed by atoms with van der Waals surface area (Å²) in [7, 11) is 0. The SMILES string of the molecule is CCOCCCNC(=O)[C@@H]1CC(=O)N(c2ccc(Cl)cc2)C1. The fourth-order valence-electron chi connectivity index (χ4n) is 2.43. The van der Waals surface area contributed by atoms with Crippen LogP contribution in [-0.4, -0.2) is 38.1 Å². The Balaban J connectivity index is 1.83. The molecule has 2 rings (SSSR count). The maximum atomic E-state index is 12.1. The average molecular weight is 325 g/mol. The van der Waals surface area contributed by atoms with Crippen molar-refractivity contribution in [1.82, 2.24) is 5.32 Å². The fourth-order valence-corrected chi connectivity index (χ4v) is 2.55. The molecule has 0 spiro atoms. The Hall–Kier alpha value is -1.59. The topological polar surface area (TPSA) is 58.6 Å². The molecule has 120 valence electrons. The Morgan fingerprint density at radius 2 is 2.14 bits per heavy atom. The van der Waals surface area contributed by atoms with Gasteiger partial charge < -0.3 is 15.0 Å². The number of carbonyl (C=O) groups excluding carboxylic acids is 2. The van der Waals surface area contributed by atoms with Gasteiger partial charge in [-0.15, -0.1) is 0 Å². The summed E-state index contributed by atoms with van der Waals surface area (Å²) >= 11 is 5.85. The molecule has 0 bridgehead atoms. The van der Waals surface area contributed by atoms with E-state index >= 15 is 0 Å². The number of ether oxygens (including phenoxy) is 1. The largest absolute Gasteiger partial charge is 0.382 e. The van der Waals surface area contributed by atoms with E-state index in [-0.39, 0.29) is 24.2 Å². The van der Waals surface area contributed by atoms with E-state index in [1.165, 1.54) is 0 Å². The van der Waals surface area contributed by atoms with E-state index in [0.717, 1.165) is 12.1 Å². The molecule has 1 N–H and O–H groups in total. The number of nitrogens with zero attached hydrogens (tertiary/aromatic N) is 1. The van der Waals surface area contributed by atoms with Gasteiger partial charge in [-0.1, -0.05) is 11.6 Å². The van der Waals surface area contributed by atoms with Gasteiger partial charge in [-0.2, -0.15) is 0 Å². The number of rotatable bonds is 7. The molecule has 1 aromatic rings.